The van der Waals surface area contributed by atoms with E-state index < -0.39 is 17.0 Å². The standard InChI is InChI=1S/C27H20ClF2IN2O3/c1-27(2)24-21(31)9-15(25(34)32-12-17-8-14-6-7-16(29)11-23(14)36-17)10-22(24)33(26(27)35)13-18-19(28)4-3-5-20(18)30/h3-11H,12-13H2,1-2H3,(H,32,34). The second-order valence-corrected chi connectivity index (χ2v) is 10.7. The number of hydrogen-bond acceptors (Lipinski definition) is 3. The topological polar surface area (TPSA) is 62.6 Å². The number of anilines is 1. The Labute approximate surface area is 224 Å². The third kappa shape index (κ3) is 4.26. The van der Waals surface area contributed by atoms with Gasteiger partial charge >= 0.3 is 0 Å². The molecule has 0 bridgehead atoms. The summed E-state index contributed by atoms with van der Waals surface area (Å²) in [6.45, 7) is 3.66. The first-order valence-electron chi connectivity index (χ1n) is 11.1. The van der Waals surface area contributed by atoms with Crippen LogP contribution in [0.15, 0.2) is 59.0 Å². The largest absolute Gasteiger partial charge is 0.459 e. The molecule has 0 unspecified atom stereocenters. The minimum atomic E-state index is -0.859. The van der Waals surface area contributed by atoms with Gasteiger partial charge in [-0.1, -0.05) is 17.7 Å². The van der Waals surface area contributed by atoms with Crippen LogP contribution in [0.5, 0.6) is 0 Å². The molecule has 0 radical (unpaired) electrons. The van der Waals surface area contributed by atoms with Crippen molar-refractivity contribution < 1.29 is 22.8 Å². The van der Waals surface area contributed by atoms with E-state index in [0.717, 1.165) is 14.5 Å². The molecule has 0 aliphatic carbocycles. The van der Waals surface area contributed by atoms with E-state index >= 15 is 0 Å². The summed E-state index contributed by atoms with van der Waals surface area (Å²) in [6, 6.07) is 13.7. The maximum absolute atomic E-state index is 14.5. The van der Waals surface area contributed by atoms with Crippen LogP contribution in [-0.4, -0.2) is 11.8 Å². The second-order valence-electron chi connectivity index (χ2n) is 9.15. The van der Waals surface area contributed by atoms with Gasteiger partial charge in [0.05, 0.1) is 24.2 Å². The van der Waals surface area contributed by atoms with Crippen molar-refractivity contribution in [1.82, 2.24) is 5.32 Å². The zero-order valence-corrected chi connectivity index (χ0v) is 22.2. The Balaban J connectivity index is 1.44. The lowest BCUT2D eigenvalue weighted by Gasteiger charge is -2.21. The van der Waals surface area contributed by atoms with Crippen molar-refractivity contribution in [2.45, 2.75) is 32.4 Å². The molecule has 184 valence electrons. The van der Waals surface area contributed by atoms with Gasteiger partial charge in [0.15, 0.2) is 0 Å². The number of benzene rings is 3. The summed E-state index contributed by atoms with van der Waals surface area (Å²) in [7, 11) is 0. The summed E-state index contributed by atoms with van der Waals surface area (Å²) < 4.78 is 34.3. The number of carbonyl (C=O) groups excluding carboxylic acids is 2. The van der Waals surface area contributed by atoms with Crippen LogP contribution in [0.4, 0.5) is 14.5 Å². The molecule has 2 heterocycles. The first-order chi connectivity index (χ1) is 17.1. The van der Waals surface area contributed by atoms with Crippen molar-refractivity contribution >= 4 is 62.7 Å². The Morgan fingerprint density at radius 1 is 1.14 bits per heavy atom. The lowest BCUT2D eigenvalue weighted by Crippen LogP contribution is -2.36. The summed E-state index contributed by atoms with van der Waals surface area (Å²) in [5.74, 6) is -1.01. The van der Waals surface area contributed by atoms with Gasteiger partial charge in [-0.3, -0.25) is 9.59 Å². The molecule has 5 rings (SSSR count). The van der Waals surface area contributed by atoms with Crippen molar-refractivity contribution in [3.8, 4) is 0 Å². The molecule has 4 aromatic rings. The van der Waals surface area contributed by atoms with Crippen LogP contribution in [0.3, 0.4) is 0 Å². The normalized spacial score (nSPS) is 14.4. The second kappa shape index (κ2) is 9.15. The number of fused-ring (bicyclic) bond motifs is 2. The number of furan rings is 1. The van der Waals surface area contributed by atoms with Crippen molar-refractivity contribution in [2.75, 3.05) is 4.90 Å². The van der Waals surface area contributed by atoms with Crippen molar-refractivity contribution in [3.63, 3.8) is 0 Å². The van der Waals surface area contributed by atoms with E-state index in [4.69, 9.17) is 16.0 Å². The number of nitrogens with zero attached hydrogens (tertiary/aromatic N) is 1. The maximum Gasteiger partial charge on any atom is 0.251 e. The third-order valence-electron chi connectivity index (χ3n) is 6.36. The number of amides is 2. The smallest absolute Gasteiger partial charge is 0.251 e. The molecule has 36 heavy (non-hydrogen) atoms. The van der Waals surface area contributed by atoms with E-state index in [1.165, 1.54) is 29.2 Å². The van der Waals surface area contributed by atoms with Crippen LogP contribution >= 0.6 is 34.2 Å². The molecule has 0 saturated heterocycles. The molecule has 0 spiro atoms. The van der Waals surface area contributed by atoms with Crippen LogP contribution in [0.1, 0.15) is 41.1 Å². The van der Waals surface area contributed by atoms with Gasteiger partial charge in [-0.15, -0.1) is 0 Å². The van der Waals surface area contributed by atoms with E-state index in [1.54, 1.807) is 30.3 Å². The Hall–Kier alpha value is -2.98. The molecule has 0 atom stereocenters. The van der Waals surface area contributed by atoms with E-state index in [2.05, 4.69) is 27.9 Å². The van der Waals surface area contributed by atoms with Gasteiger partial charge < -0.3 is 14.6 Å². The number of rotatable bonds is 5. The van der Waals surface area contributed by atoms with Crippen molar-refractivity contribution in [2.24, 2.45) is 0 Å². The molecular weight excluding hydrogens is 601 g/mol. The van der Waals surface area contributed by atoms with E-state index in [-0.39, 0.29) is 35.5 Å². The Bertz CT molecular complexity index is 1530. The fraction of sp³-hybridized carbons (Fsp3) is 0.185. The molecular formula is C27H20ClF2IN2O3. The highest BCUT2D eigenvalue weighted by Gasteiger charge is 2.46. The molecule has 1 N–H and O–H groups in total. The maximum atomic E-state index is 14.5. The zero-order chi connectivity index (χ0) is 25.8. The summed E-state index contributed by atoms with van der Waals surface area (Å²) in [5.41, 5.74) is 1.41. The van der Waals surface area contributed by atoms with E-state index in [0.29, 0.717) is 22.6 Å². The number of carbonyl (C=O) groups is 2. The van der Waals surface area contributed by atoms with Gasteiger partial charge in [0, 0.05) is 36.7 Å². The first-order valence-corrected chi connectivity index (χ1v) is 12.6. The van der Waals surface area contributed by atoms with Crippen LogP contribution in [0.25, 0.3) is 11.0 Å². The van der Waals surface area contributed by atoms with Crippen molar-refractivity contribution in [1.29, 1.82) is 0 Å². The molecule has 3 aromatic carbocycles. The molecule has 5 nitrogen and oxygen atoms in total. The first kappa shape index (κ1) is 24.7. The Kier molecular flexibility index (Phi) is 6.28. The Morgan fingerprint density at radius 2 is 1.92 bits per heavy atom. The SMILES string of the molecule is CC1(C)C(=O)N(Cc2c(F)cccc2Cl)c2cc(C(=O)NCc3cc4ccc(F)cc4o3)cc(I)c21. The fourth-order valence-corrected chi connectivity index (χ4v) is 6.03. The van der Waals surface area contributed by atoms with Gasteiger partial charge in [-0.2, -0.15) is 0 Å². The van der Waals surface area contributed by atoms with Crippen LogP contribution in [-0.2, 0) is 23.3 Å². The highest BCUT2D eigenvalue weighted by molar-refractivity contribution is 14.1. The van der Waals surface area contributed by atoms with Gasteiger partial charge in [-0.05, 0) is 78.9 Å². The number of halogens is 4. The van der Waals surface area contributed by atoms with Crippen molar-refractivity contribution in [3.05, 3.63) is 97.3 Å². The molecule has 2 amide bonds. The van der Waals surface area contributed by atoms with E-state index in [1.807, 2.05) is 13.8 Å². The van der Waals surface area contributed by atoms with Gasteiger partial charge in [-0.25, -0.2) is 8.78 Å². The highest BCUT2D eigenvalue weighted by Crippen LogP contribution is 2.45. The summed E-state index contributed by atoms with van der Waals surface area (Å²) in [5, 5.41) is 3.77. The lowest BCUT2D eigenvalue weighted by atomic mass is 9.86. The average Bonchev–Trinajstić information content (AvgIpc) is 3.31. The monoisotopic (exact) mass is 620 g/mol. The highest BCUT2D eigenvalue weighted by atomic mass is 127. The lowest BCUT2D eigenvalue weighted by molar-refractivity contribution is -0.122. The van der Waals surface area contributed by atoms with Crippen LogP contribution < -0.4 is 10.2 Å². The van der Waals surface area contributed by atoms with Gasteiger partial charge in [0.2, 0.25) is 5.91 Å². The molecule has 1 aliphatic rings. The average molecular weight is 621 g/mol. The van der Waals surface area contributed by atoms with Crippen LogP contribution in [0, 0.1) is 15.2 Å². The predicted octanol–water partition coefficient (Wildman–Crippen LogP) is 6.72. The molecule has 1 aliphatic heterocycles. The molecule has 0 saturated carbocycles. The molecule has 1 aromatic heterocycles. The van der Waals surface area contributed by atoms with E-state index in [9.17, 15) is 18.4 Å². The number of nitrogens with one attached hydrogen (secondary N) is 1. The summed E-state index contributed by atoms with van der Waals surface area (Å²) in [6.07, 6.45) is 0. The minimum absolute atomic E-state index is 0.0581. The number of hydrogen-bond donors (Lipinski definition) is 1. The Morgan fingerprint density at radius 3 is 2.67 bits per heavy atom. The predicted molar refractivity (Wildman–Crippen MR) is 142 cm³/mol. The minimum Gasteiger partial charge on any atom is -0.459 e. The summed E-state index contributed by atoms with van der Waals surface area (Å²) >= 11 is 8.34. The zero-order valence-electron chi connectivity index (χ0n) is 19.3. The van der Waals surface area contributed by atoms with Crippen LogP contribution in [0.2, 0.25) is 5.02 Å². The summed E-state index contributed by atoms with van der Waals surface area (Å²) in [4.78, 5) is 27.9. The molecule has 9 heteroatoms. The molecule has 0 fully saturated rings. The quantitative estimate of drug-likeness (QED) is 0.252. The van der Waals surface area contributed by atoms with Gasteiger partial charge in [0.25, 0.3) is 5.91 Å². The van der Waals surface area contributed by atoms with Gasteiger partial charge in [0.1, 0.15) is 23.0 Å². The third-order valence-corrected chi connectivity index (χ3v) is 7.57. The fourth-order valence-electron chi connectivity index (χ4n) is 4.52.